The summed E-state index contributed by atoms with van der Waals surface area (Å²) in [6, 6.07) is -0.234. The van der Waals surface area contributed by atoms with Crippen LogP contribution in [0.4, 0.5) is 4.79 Å². The Morgan fingerprint density at radius 2 is 1.80 bits per heavy atom. The summed E-state index contributed by atoms with van der Waals surface area (Å²) in [5.41, 5.74) is 0.104. The van der Waals surface area contributed by atoms with Crippen LogP contribution in [0.3, 0.4) is 0 Å². The van der Waals surface area contributed by atoms with Crippen molar-refractivity contribution in [1.82, 2.24) is 15.1 Å². The molecule has 1 unspecified atom stereocenters. The van der Waals surface area contributed by atoms with Gasteiger partial charge in [-0.3, -0.25) is 4.90 Å². The zero-order valence-corrected chi connectivity index (χ0v) is 12.7. The molecule has 0 aromatic rings. The van der Waals surface area contributed by atoms with Crippen LogP contribution in [-0.2, 0) is 9.53 Å². The Morgan fingerprint density at radius 3 is 2.20 bits per heavy atom. The number of urea groups is 1. The normalized spacial score (nSPS) is 18.7. The predicted molar refractivity (Wildman–Crippen MR) is 74.7 cm³/mol. The fraction of sp³-hybridized carbons (Fsp3) is 0.846. The van der Waals surface area contributed by atoms with Crippen LogP contribution in [0.2, 0.25) is 0 Å². The number of hydrogen-bond donors (Lipinski definition) is 2. The lowest BCUT2D eigenvalue weighted by molar-refractivity contribution is -0.148. The highest BCUT2D eigenvalue weighted by Gasteiger charge is 2.28. The van der Waals surface area contributed by atoms with E-state index in [1.807, 2.05) is 0 Å². The van der Waals surface area contributed by atoms with Gasteiger partial charge in [-0.15, -0.1) is 0 Å². The van der Waals surface area contributed by atoms with Crippen LogP contribution in [0, 0.1) is 0 Å². The minimum absolute atomic E-state index is 0.0237. The summed E-state index contributed by atoms with van der Waals surface area (Å²) in [5.74, 6) is -1.08. The van der Waals surface area contributed by atoms with E-state index in [0.717, 1.165) is 13.1 Å². The Kier molecular flexibility index (Phi) is 5.76. The number of carboxylic acid groups (broad SMARTS) is 1. The summed E-state index contributed by atoms with van der Waals surface area (Å²) in [7, 11) is 1.31. The summed E-state index contributed by atoms with van der Waals surface area (Å²) < 4.78 is 4.77. The molecule has 0 bridgehead atoms. The van der Waals surface area contributed by atoms with Crippen molar-refractivity contribution in [3.8, 4) is 0 Å². The Morgan fingerprint density at radius 1 is 1.25 bits per heavy atom. The van der Waals surface area contributed by atoms with Gasteiger partial charge in [-0.25, -0.2) is 9.59 Å². The lowest BCUT2D eigenvalue weighted by Gasteiger charge is -2.42. The van der Waals surface area contributed by atoms with Crippen molar-refractivity contribution in [3.05, 3.63) is 0 Å². The Hall–Kier alpha value is -1.34. The highest BCUT2D eigenvalue weighted by atomic mass is 16.5. The number of nitrogens with zero attached hydrogens (tertiary/aromatic N) is 2. The Balaban J connectivity index is 2.38. The molecule has 1 aliphatic rings. The third-order valence-electron chi connectivity index (χ3n) is 3.51. The Bertz CT molecular complexity index is 346. The van der Waals surface area contributed by atoms with Gasteiger partial charge in [-0.1, -0.05) is 0 Å². The molecular weight excluding hydrogens is 262 g/mol. The van der Waals surface area contributed by atoms with Crippen LogP contribution in [0.5, 0.6) is 0 Å². The van der Waals surface area contributed by atoms with E-state index in [9.17, 15) is 9.59 Å². The van der Waals surface area contributed by atoms with Gasteiger partial charge in [0.05, 0.1) is 6.54 Å². The number of amides is 2. The highest BCUT2D eigenvalue weighted by Crippen LogP contribution is 2.15. The third kappa shape index (κ3) is 4.64. The van der Waals surface area contributed by atoms with Gasteiger partial charge in [0, 0.05) is 38.8 Å². The van der Waals surface area contributed by atoms with Crippen molar-refractivity contribution in [2.75, 3.05) is 39.8 Å². The van der Waals surface area contributed by atoms with E-state index in [2.05, 4.69) is 31.0 Å². The molecule has 1 atom stereocenters. The molecule has 2 N–H and O–H groups in total. The molecule has 116 valence electrons. The molecule has 7 nitrogen and oxygen atoms in total. The molecule has 0 aromatic carbocycles. The standard InChI is InChI=1S/C13H25N3O4/c1-13(2,3)16-7-5-15(6-8-16)12(19)14-9-10(20-4)11(17)18/h10H,5-9H2,1-4H3,(H,14,19)(H,17,18). The van der Waals surface area contributed by atoms with Crippen LogP contribution < -0.4 is 5.32 Å². The van der Waals surface area contributed by atoms with E-state index in [0.29, 0.717) is 13.1 Å². The van der Waals surface area contributed by atoms with Crippen LogP contribution in [0.15, 0.2) is 0 Å². The molecule has 0 spiro atoms. The van der Waals surface area contributed by atoms with Crippen LogP contribution in [-0.4, -0.2) is 78.4 Å². The van der Waals surface area contributed by atoms with Crippen molar-refractivity contribution in [2.24, 2.45) is 0 Å². The highest BCUT2D eigenvalue weighted by molar-refractivity contribution is 5.77. The molecule has 0 aliphatic carbocycles. The zero-order valence-electron chi connectivity index (χ0n) is 12.7. The molecule has 20 heavy (non-hydrogen) atoms. The van der Waals surface area contributed by atoms with Gasteiger partial charge in [0.25, 0.3) is 0 Å². The molecular formula is C13H25N3O4. The molecule has 1 aliphatic heterocycles. The number of nitrogens with one attached hydrogen (secondary N) is 1. The largest absolute Gasteiger partial charge is 0.479 e. The summed E-state index contributed by atoms with van der Waals surface area (Å²) in [5, 5.41) is 11.4. The smallest absolute Gasteiger partial charge is 0.334 e. The zero-order chi connectivity index (χ0) is 15.3. The topological polar surface area (TPSA) is 82.1 Å². The fourth-order valence-electron chi connectivity index (χ4n) is 2.14. The minimum Gasteiger partial charge on any atom is -0.479 e. The van der Waals surface area contributed by atoms with Crippen LogP contribution in [0.25, 0.3) is 0 Å². The maximum absolute atomic E-state index is 11.9. The second-order valence-corrected chi connectivity index (χ2v) is 5.89. The first kappa shape index (κ1) is 16.7. The quantitative estimate of drug-likeness (QED) is 0.772. The predicted octanol–water partition coefficient (Wildman–Crippen LogP) is 0.212. The van der Waals surface area contributed by atoms with E-state index in [-0.39, 0.29) is 18.1 Å². The SMILES string of the molecule is COC(CNC(=O)N1CCN(C(C)(C)C)CC1)C(=O)O. The van der Waals surface area contributed by atoms with Gasteiger partial charge in [0.2, 0.25) is 0 Å². The number of carbonyl (C=O) groups excluding carboxylic acids is 1. The molecule has 1 saturated heterocycles. The average Bonchev–Trinajstić information content (AvgIpc) is 2.38. The van der Waals surface area contributed by atoms with E-state index < -0.39 is 12.1 Å². The van der Waals surface area contributed by atoms with Crippen molar-refractivity contribution >= 4 is 12.0 Å². The third-order valence-corrected chi connectivity index (χ3v) is 3.51. The second kappa shape index (κ2) is 6.90. The maximum atomic E-state index is 11.9. The molecule has 1 heterocycles. The molecule has 1 rings (SSSR count). The van der Waals surface area contributed by atoms with Crippen molar-refractivity contribution in [3.63, 3.8) is 0 Å². The van der Waals surface area contributed by atoms with Gasteiger partial charge in [0.15, 0.2) is 6.10 Å². The maximum Gasteiger partial charge on any atom is 0.334 e. The average molecular weight is 287 g/mol. The molecule has 1 fully saturated rings. The first-order valence-electron chi connectivity index (χ1n) is 6.79. The number of piperazine rings is 1. The fourth-order valence-corrected chi connectivity index (χ4v) is 2.14. The summed E-state index contributed by atoms with van der Waals surface area (Å²) in [4.78, 5) is 26.8. The van der Waals surface area contributed by atoms with E-state index in [1.54, 1.807) is 4.90 Å². The number of rotatable bonds is 4. The second-order valence-electron chi connectivity index (χ2n) is 5.89. The van der Waals surface area contributed by atoms with Gasteiger partial charge in [-0.05, 0) is 20.8 Å². The van der Waals surface area contributed by atoms with Gasteiger partial charge < -0.3 is 20.1 Å². The Labute approximate surface area is 119 Å². The van der Waals surface area contributed by atoms with Crippen molar-refractivity contribution in [1.29, 1.82) is 0 Å². The molecule has 0 saturated carbocycles. The molecule has 7 heteroatoms. The number of ether oxygens (including phenoxy) is 1. The molecule has 2 amide bonds. The number of aliphatic carboxylic acids is 1. The van der Waals surface area contributed by atoms with Gasteiger partial charge >= 0.3 is 12.0 Å². The van der Waals surface area contributed by atoms with Crippen molar-refractivity contribution < 1.29 is 19.4 Å². The summed E-state index contributed by atoms with van der Waals surface area (Å²) >= 11 is 0. The van der Waals surface area contributed by atoms with E-state index >= 15 is 0 Å². The minimum atomic E-state index is -1.08. The summed E-state index contributed by atoms with van der Waals surface area (Å²) in [6.45, 7) is 9.37. The van der Waals surface area contributed by atoms with Gasteiger partial charge in [-0.2, -0.15) is 0 Å². The van der Waals surface area contributed by atoms with E-state index in [1.165, 1.54) is 7.11 Å². The van der Waals surface area contributed by atoms with E-state index in [4.69, 9.17) is 9.84 Å². The first-order chi connectivity index (χ1) is 9.25. The molecule has 0 aromatic heterocycles. The number of hydrogen-bond acceptors (Lipinski definition) is 4. The first-order valence-corrected chi connectivity index (χ1v) is 6.79. The lowest BCUT2D eigenvalue weighted by atomic mass is 10.1. The van der Waals surface area contributed by atoms with Crippen LogP contribution >= 0.6 is 0 Å². The molecule has 0 radical (unpaired) electrons. The number of carboxylic acids is 1. The lowest BCUT2D eigenvalue weighted by Crippen LogP contribution is -2.57. The summed E-state index contributed by atoms with van der Waals surface area (Å²) in [6.07, 6.45) is -1.00. The number of methoxy groups -OCH3 is 1. The van der Waals surface area contributed by atoms with Crippen molar-refractivity contribution in [2.45, 2.75) is 32.4 Å². The van der Waals surface area contributed by atoms with Gasteiger partial charge in [0.1, 0.15) is 0 Å². The monoisotopic (exact) mass is 287 g/mol. The van der Waals surface area contributed by atoms with Crippen LogP contribution in [0.1, 0.15) is 20.8 Å². The number of carbonyl (C=O) groups is 2.